The highest BCUT2D eigenvalue weighted by atomic mass is 79.9. The van der Waals surface area contributed by atoms with E-state index in [0.717, 1.165) is 0 Å². The molecule has 0 aromatic carbocycles. The lowest BCUT2D eigenvalue weighted by atomic mass is 10.0. The summed E-state index contributed by atoms with van der Waals surface area (Å²) in [6, 6.07) is 0.0531. The molecule has 0 spiro atoms. The van der Waals surface area contributed by atoms with Gasteiger partial charge in [0.1, 0.15) is 12.1 Å². The van der Waals surface area contributed by atoms with Crippen LogP contribution >= 0.6 is 15.9 Å². The van der Waals surface area contributed by atoms with Crippen molar-refractivity contribution in [3.05, 3.63) is 16.1 Å². The van der Waals surface area contributed by atoms with Crippen LogP contribution in [0.3, 0.4) is 0 Å². The summed E-state index contributed by atoms with van der Waals surface area (Å²) in [5.74, 6) is -0.450. The molecule has 3 rings (SSSR count). The van der Waals surface area contributed by atoms with Gasteiger partial charge in [-0.25, -0.2) is 9.18 Å². The molecule has 0 bridgehead atoms. The van der Waals surface area contributed by atoms with E-state index >= 15 is 0 Å². The summed E-state index contributed by atoms with van der Waals surface area (Å²) < 4.78 is 21.1. The minimum Gasteiger partial charge on any atom is -0.444 e. The standard InChI is InChI=1S/C17H24BrFN4O3/c1-17(2,3)26-16(25)21-7-4-11(5-8-21)22-9-6-12-14(19)15(18)20-23(12)10-13(22)24/h11H,4-10H2,1-3H3. The third-order valence-electron chi connectivity index (χ3n) is 4.71. The molecule has 2 aliphatic heterocycles. The summed E-state index contributed by atoms with van der Waals surface area (Å²) in [6.45, 7) is 7.13. The highest BCUT2D eigenvalue weighted by Gasteiger charge is 2.34. The number of piperidine rings is 1. The van der Waals surface area contributed by atoms with E-state index in [1.165, 1.54) is 4.68 Å². The fraction of sp³-hybridized carbons (Fsp3) is 0.706. The molecule has 2 aliphatic rings. The lowest BCUT2D eigenvalue weighted by Gasteiger charge is -2.38. The quantitative estimate of drug-likeness (QED) is 0.686. The average Bonchev–Trinajstić information content (AvgIpc) is 2.72. The Morgan fingerprint density at radius 2 is 1.92 bits per heavy atom. The van der Waals surface area contributed by atoms with E-state index in [0.29, 0.717) is 44.6 Å². The molecule has 7 nitrogen and oxygen atoms in total. The molecule has 3 heterocycles. The Kier molecular flexibility index (Phi) is 5.28. The lowest BCUT2D eigenvalue weighted by molar-refractivity contribution is -0.134. The van der Waals surface area contributed by atoms with Crippen LogP contribution in [-0.4, -0.2) is 62.9 Å². The zero-order valence-corrected chi connectivity index (χ0v) is 16.9. The van der Waals surface area contributed by atoms with Crippen molar-refractivity contribution < 1.29 is 18.7 Å². The number of carbonyl (C=O) groups excluding carboxylic acids is 2. The summed E-state index contributed by atoms with van der Waals surface area (Å²) in [7, 11) is 0. The molecule has 1 aromatic rings. The number of amides is 2. The van der Waals surface area contributed by atoms with Crippen LogP contribution in [0.1, 0.15) is 39.3 Å². The van der Waals surface area contributed by atoms with Crippen molar-refractivity contribution in [1.82, 2.24) is 19.6 Å². The number of rotatable bonds is 1. The van der Waals surface area contributed by atoms with E-state index in [-0.39, 0.29) is 35.0 Å². The fourth-order valence-electron chi connectivity index (χ4n) is 3.45. The maximum atomic E-state index is 14.1. The first-order valence-corrected chi connectivity index (χ1v) is 9.63. The van der Waals surface area contributed by atoms with Gasteiger partial charge in [-0.3, -0.25) is 9.48 Å². The molecule has 1 aromatic heterocycles. The van der Waals surface area contributed by atoms with Crippen molar-refractivity contribution in [2.45, 2.75) is 58.2 Å². The van der Waals surface area contributed by atoms with E-state index in [1.807, 2.05) is 25.7 Å². The van der Waals surface area contributed by atoms with E-state index in [4.69, 9.17) is 4.74 Å². The molecular weight excluding hydrogens is 407 g/mol. The van der Waals surface area contributed by atoms with Gasteiger partial charge in [0.25, 0.3) is 0 Å². The SMILES string of the molecule is CC(C)(C)OC(=O)N1CCC(N2CCc3c(F)c(Br)nn3CC2=O)CC1. The van der Waals surface area contributed by atoms with Crippen molar-refractivity contribution in [3.63, 3.8) is 0 Å². The Balaban J connectivity index is 1.60. The second kappa shape index (κ2) is 7.17. The zero-order valence-electron chi connectivity index (χ0n) is 15.3. The van der Waals surface area contributed by atoms with Crippen molar-refractivity contribution in [1.29, 1.82) is 0 Å². The van der Waals surface area contributed by atoms with Gasteiger partial charge in [0.05, 0.1) is 5.69 Å². The van der Waals surface area contributed by atoms with E-state index in [1.54, 1.807) is 4.90 Å². The molecule has 0 aliphatic carbocycles. The van der Waals surface area contributed by atoms with Gasteiger partial charge in [-0.15, -0.1) is 0 Å². The second-order valence-electron chi connectivity index (χ2n) is 7.74. The van der Waals surface area contributed by atoms with Crippen molar-refractivity contribution in [2.24, 2.45) is 0 Å². The fourth-order valence-corrected chi connectivity index (χ4v) is 3.88. The molecule has 0 saturated carbocycles. The monoisotopic (exact) mass is 430 g/mol. The lowest BCUT2D eigenvalue weighted by Crippen LogP contribution is -2.50. The van der Waals surface area contributed by atoms with Crippen LogP contribution in [0.4, 0.5) is 9.18 Å². The van der Waals surface area contributed by atoms with E-state index in [2.05, 4.69) is 21.0 Å². The van der Waals surface area contributed by atoms with Gasteiger partial charge < -0.3 is 14.5 Å². The largest absolute Gasteiger partial charge is 0.444 e. The Hall–Kier alpha value is -1.64. The van der Waals surface area contributed by atoms with Gasteiger partial charge in [-0.05, 0) is 49.5 Å². The van der Waals surface area contributed by atoms with E-state index < -0.39 is 5.60 Å². The highest BCUT2D eigenvalue weighted by molar-refractivity contribution is 9.10. The van der Waals surface area contributed by atoms with Crippen molar-refractivity contribution in [3.8, 4) is 0 Å². The maximum absolute atomic E-state index is 14.1. The Morgan fingerprint density at radius 3 is 2.54 bits per heavy atom. The molecule has 1 fully saturated rings. The van der Waals surface area contributed by atoms with Crippen LogP contribution in [0, 0.1) is 5.82 Å². The van der Waals surface area contributed by atoms with Crippen LogP contribution in [0.5, 0.6) is 0 Å². The number of aromatic nitrogens is 2. The smallest absolute Gasteiger partial charge is 0.410 e. The zero-order chi connectivity index (χ0) is 19.1. The number of halogens is 2. The van der Waals surface area contributed by atoms with Crippen LogP contribution in [0.15, 0.2) is 4.60 Å². The van der Waals surface area contributed by atoms with E-state index in [9.17, 15) is 14.0 Å². The highest BCUT2D eigenvalue weighted by Crippen LogP contribution is 2.24. The second-order valence-corrected chi connectivity index (χ2v) is 8.50. The summed E-state index contributed by atoms with van der Waals surface area (Å²) in [5.41, 5.74) is -0.0630. The normalized spacial score (nSPS) is 19.3. The molecule has 9 heteroatoms. The summed E-state index contributed by atoms with van der Waals surface area (Å²) in [5, 5.41) is 4.05. The first-order valence-electron chi connectivity index (χ1n) is 8.84. The Labute approximate surface area is 160 Å². The van der Waals surface area contributed by atoms with Gasteiger partial charge in [-0.2, -0.15) is 5.10 Å². The molecule has 2 amide bonds. The molecule has 144 valence electrons. The number of hydrogen-bond acceptors (Lipinski definition) is 4. The molecule has 26 heavy (non-hydrogen) atoms. The molecular formula is C17H24BrFN4O3. The first-order chi connectivity index (χ1) is 12.2. The van der Waals surface area contributed by atoms with Gasteiger partial charge >= 0.3 is 6.09 Å². The summed E-state index contributed by atoms with van der Waals surface area (Å²) in [4.78, 5) is 28.3. The number of nitrogens with zero attached hydrogens (tertiary/aromatic N) is 4. The predicted molar refractivity (Wildman–Crippen MR) is 96.1 cm³/mol. The predicted octanol–water partition coefficient (Wildman–Crippen LogP) is 2.57. The van der Waals surface area contributed by atoms with Crippen LogP contribution in [-0.2, 0) is 22.5 Å². The number of likely N-dealkylation sites (tertiary alicyclic amines) is 1. The van der Waals surface area contributed by atoms with Crippen molar-refractivity contribution in [2.75, 3.05) is 19.6 Å². The Morgan fingerprint density at radius 1 is 1.27 bits per heavy atom. The minimum absolute atomic E-state index is 0.0458. The van der Waals surface area contributed by atoms with Crippen LogP contribution in [0.2, 0.25) is 0 Å². The van der Waals surface area contributed by atoms with Gasteiger partial charge in [0, 0.05) is 32.1 Å². The molecule has 0 radical (unpaired) electrons. The van der Waals surface area contributed by atoms with Gasteiger partial charge in [-0.1, -0.05) is 0 Å². The number of fused-ring (bicyclic) bond motifs is 1. The van der Waals surface area contributed by atoms with Crippen LogP contribution < -0.4 is 0 Å². The molecule has 0 atom stereocenters. The maximum Gasteiger partial charge on any atom is 0.410 e. The molecule has 0 unspecified atom stereocenters. The van der Waals surface area contributed by atoms with Gasteiger partial charge in [0.2, 0.25) is 5.91 Å². The minimum atomic E-state index is -0.520. The van der Waals surface area contributed by atoms with Gasteiger partial charge in [0.15, 0.2) is 10.4 Å². The number of ether oxygens (including phenoxy) is 1. The third kappa shape index (κ3) is 4.02. The Bertz CT molecular complexity index is 708. The van der Waals surface area contributed by atoms with Crippen LogP contribution in [0.25, 0.3) is 0 Å². The summed E-state index contributed by atoms with van der Waals surface area (Å²) in [6.07, 6.45) is 1.51. The van der Waals surface area contributed by atoms with Crippen molar-refractivity contribution >= 4 is 27.9 Å². The number of hydrogen-bond donors (Lipinski definition) is 0. The first kappa shape index (κ1) is 19.1. The number of carbonyl (C=O) groups is 2. The topological polar surface area (TPSA) is 67.7 Å². The molecule has 0 N–H and O–H groups in total. The molecule has 1 saturated heterocycles. The average molecular weight is 431 g/mol. The third-order valence-corrected chi connectivity index (χ3v) is 5.21. The summed E-state index contributed by atoms with van der Waals surface area (Å²) >= 11 is 3.07.